The summed E-state index contributed by atoms with van der Waals surface area (Å²) in [6.45, 7) is 2.15. The molecule has 168 valence electrons. The predicted molar refractivity (Wildman–Crippen MR) is 124 cm³/mol. The normalized spacial score (nSPS) is 11.2. The number of alkyl halides is 2. The van der Waals surface area contributed by atoms with Crippen LogP contribution in [0.1, 0.15) is 18.4 Å². The van der Waals surface area contributed by atoms with Gasteiger partial charge in [-0.2, -0.15) is 0 Å². The van der Waals surface area contributed by atoms with Crippen LogP contribution in [0, 0.1) is 6.92 Å². The lowest BCUT2D eigenvalue weighted by Crippen LogP contribution is -2.28. The van der Waals surface area contributed by atoms with Gasteiger partial charge in [0.2, 0.25) is 0 Å². The van der Waals surface area contributed by atoms with Gasteiger partial charge in [-0.1, -0.05) is 0 Å². The number of methoxy groups -OCH3 is 2. The molecule has 0 N–H and O–H groups in total. The molecule has 5 nitrogen and oxygen atoms in total. The van der Waals surface area contributed by atoms with Crippen LogP contribution in [0.25, 0.3) is 16.8 Å². The van der Waals surface area contributed by atoms with E-state index >= 15 is 0 Å². The molecule has 0 atom stereocenters. The lowest BCUT2D eigenvalue weighted by molar-refractivity contribution is 0.397. The average molecular weight is 450 g/mol. The van der Waals surface area contributed by atoms with Gasteiger partial charge >= 0.3 is 0 Å². The first kappa shape index (κ1) is 23.2. The lowest BCUT2D eigenvalue weighted by Gasteiger charge is -2.24. The van der Waals surface area contributed by atoms with Gasteiger partial charge in [-0.25, -0.2) is 4.98 Å². The van der Waals surface area contributed by atoms with E-state index in [0.717, 1.165) is 33.2 Å². The minimum absolute atomic E-state index is 0.382. The van der Waals surface area contributed by atoms with Crippen LogP contribution in [-0.4, -0.2) is 56.3 Å². The summed E-state index contributed by atoms with van der Waals surface area (Å²) in [5.41, 5.74) is 3.47. The maximum Gasteiger partial charge on any atom is 0.147 e. The summed E-state index contributed by atoms with van der Waals surface area (Å²) in [5, 5.41) is 0.815. The van der Waals surface area contributed by atoms with E-state index in [-0.39, 0.29) is 0 Å². The molecule has 0 aliphatic rings. The van der Waals surface area contributed by atoms with Gasteiger partial charge in [0, 0.05) is 24.8 Å². The largest absolute Gasteiger partial charge is 0.496 e. The molecule has 0 amide bonds. The number of aryl methyl sites for hydroxylation is 1. The van der Waals surface area contributed by atoms with Gasteiger partial charge in [0.25, 0.3) is 0 Å². The number of thioether (sulfide) groups is 1. The van der Waals surface area contributed by atoms with Crippen molar-refractivity contribution in [1.82, 2.24) is 9.38 Å². The number of nitrogens with zero attached hydrogens (tertiary/aromatic N) is 3. The topological polar surface area (TPSA) is 39.0 Å². The molecule has 1 aromatic carbocycles. The molecular weight excluding hydrogens is 420 g/mol. The van der Waals surface area contributed by atoms with Gasteiger partial charge in [-0.15, -0.1) is 11.8 Å². The fourth-order valence-corrected chi connectivity index (χ4v) is 4.38. The number of anilines is 1. The Morgan fingerprint density at radius 2 is 1.68 bits per heavy atom. The number of ether oxygens (including phenoxy) is 2. The van der Waals surface area contributed by atoms with Crippen LogP contribution in [-0.2, 0) is 0 Å². The molecule has 0 aliphatic heterocycles. The smallest absolute Gasteiger partial charge is 0.147 e. The zero-order valence-corrected chi connectivity index (χ0v) is 19.3. The molecule has 31 heavy (non-hydrogen) atoms. The van der Waals surface area contributed by atoms with Crippen LogP contribution in [0.5, 0.6) is 11.5 Å². The van der Waals surface area contributed by atoms with E-state index in [1.54, 1.807) is 14.2 Å². The van der Waals surface area contributed by atoms with Crippen molar-refractivity contribution in [1.29, 1.82) is 0 Å². The van der Waals surface area contributed by atoms with E-state index in [0.29, 0.717) is 37.4 Å². The number of hydrogen-bond donors (Lipinski definition) is 0. The number of halogens is 2. The number of imidazole rings is 1. The first-order chi connectivity index (χ1) is 15.1. The van der Waals surface area contributed by atoms with E-state index < -0.39 is 13.3 Å². The highest BCUT2D eigenvalue weighted by Crippen LogP contribution is 2.43. The van der Waals surface area contributed by atoms with Crippen LogP contribution >= 0.6 is 11.8 Å². The van der Waals surface area contributed by atoms with Gasteiger partial charge in [0.05, 0.1) is 33.1 Å². The highest BCUT2D eigenvalue weighted by atomic mass is 32.2. The minimum Gasteiger partial charge on any atom is -0.496 e. The summed E-state index contributed by atoms with van der Waals surface area (Å²) in [5.74, 6) is 2.26. The number of benzene rings is 1. The Morgan fingerprint density at radius 1 is 1.06 bits per heavy atom. The van der Waals surface area contributed by atoms with Gasteiger partial charge in [0.15, 0.2) is 0 Å². The molecule has 0 bridgehead atoms. The molecular formula is C23H29F2N3O2S. The molecule has 3 aromatic rings. The SMILES string of the molecule is COc1cc(C)cc(OC)c1-c1cccn2c(N(CCCF)CCCF)c(SC)nc12. The minimum atomic E-state index is -0.416. The molecule has 2 heterocycles. The Labute approximate surface area is 186 Å². The predicted octanol–water partition coefficient (Wildman–Crippen LogP) is 5.57. The van der Waals surface area contributed by atoms with Crippen molar-refractivity contribution >= 4 is 23.2 Å². The summed E-state index contributed by atoms with van der Waals surface area (Å²) < 4.78 is 39.2. The van der Waals surface area contributed by atoms with E-state index in [1.165, 1.54) is 11.8 Å². The van der Waals surface area contributed by atoms with Crippen molar-refractivity contribution in [3.05, 3.63) is 36.0 Å². The molecule has 0 radical (unpaired) electrons. The summed E-state index contributed by atoms with van der Waals surface area (Å²) >= 11 is 1.52. The van der Waals surface area contributed by atoms with Crippen LogP contribution in [0.3, 0.4) is 0 Å². The van der Waals surface area contributed by atoms with Crippen LogP contribution in [0.15, 0.2) is 35.5 Å². The summed E-state index contributed by atoms with van der Waals surface area (Å²) in [4.78, 5) is 6.93. The molecule has 0 fully saturated rings. The quantitative estimate of drug-likeness (QED) is 0.358. The van der Waals surface area contributed by atoms with Gasteiger partial charge in [0.1, 0.15) is 28.0 Å². The number of fused-ring (bicyclic) bond motifs is 1. The molecule has 3 rings (SSSR count). The van der Waals surface area contributed by atoms with Crippen molar-refractivity contribution in [3.63, 3.8) is 0 Å². The first-order valence-electron chi connectivity index (χ1n) is 10.2. The van der Waals surface area contributed by atoms with Crippen LogP contribution in [0.2, 0.25) is 0 Å². The Balaban J connectivity index is 2.24. The average Bonchev–Trinajstić information content (AvgIpc) is 3.17. The molecule has 0 saturated carbocycles. The van der Waals surface area contributed by atoms with Crippen molar-refractivity contribution in [3.8, 4) is 22.6 Å². The summed E-state index contributed by atoms with van der Waals surface area (Å²) in [7, 11) is 3.27. The molecule has 0 saturated heterocycles. The molecule has 2 aromatic heterocycles. The van der Waals surface area contributed by atoms with E-state index in [9.17, 15) is 8.78 Å². The summed E-state index contributed by atoms with van der Waals surface area (Å²) in [6.07, 6.45) is 4.66. The van der Waals surface area contributed by atoms with E-state index in [4.69, 9.17) is 14.5 Å². The molecule has 0 aliphatic carbocycles. The van der Waals surface area contributed by atoms with Crippen molar-refractivity contribution in [2.45, 2.75) is 24.8 Å². The zero-order valence-electron chi connectivity index (χ0n) is 18.5. The third-order valence-corrected chi connectivity index (χ3v) is 5.79. The number of aromatic nitrogens is 2. The standard InChI is InChI=1S/C23H29F2N3O2S/c1-16-14-18(29-2)20(19(15-16)30-3)17-8-5-13-28-21(17)26-22(31-4)23(28)27(11-6-9-24)12-7-10-25/h5,8,13-15H,6-7,9-12H2,1-4H3. The maximum atomic E-state index is 12.9. The van der Waals surface area contributed by atoms with Gasteiger partial charge in [-0.3, -0.25) is 13.2 Å². The maximum absolute atomic E-state index is 12.9. The fourth-order valence-electron chi connectivity index (χ4n) is 3.79. The zero-order chi connectivity index (χ0) is 22.4. The fraction of sp³-hybridized carbons (Fsp3) is 0.435. The third kappa shape index (κ3) is 4.74. The second-order valence-corrected chi connectivity index (χ2v) is 7.97. The van der Waals surface area contributed by atoms with Crippen LogP contribution in [0.4, 0.5) is 14.6 Å². The monoisotopic (exact) mass is 449 g/mol. The van der Waals surface area contributed by atoms with Crippen molar-refractivity contribution < 1.29 is 18.3 Å². The van der Waals surface area contributed by atoms with Crippen molar-refractivity contribution in [2.75, 3.05) is 51.8 Å². The highest BCUT2D eigenvalue weighted by molar-refractivity contribution is 7.98. The third-order valence-electron chi connectivity index (χ3n) is 5.13. The second kappa shape index (κ2) is 10.7. The van der Waals surface area contributed by atoms with Crippen molar-refractivity contribution in [2.24, 2.45) is 0 Å². The second-order valence-electron chi connectivity index (χ2n) is 7.18. The van der Waals surface area contributed by atoms with Gasteiger partial charge in [-0.05, 0) is 55.9 Å². The number of hydrogen-bond acceptors (Lipinski definition) is 5. The van der Waals surface area contributed by atoms with Crippen LogP contribution < -0.4 is 14.4 Å². The Kier molecular flexibility index (Phi) is 8.01. The highest BCUT2D eigenvalue weighted by Gasteiger charge is 2.23. The lowest BCUT2D eigenvalue weighted by atomic mass is 10.0. The molecule has 8 heteroatoms. The number of pyridine rings is 1. The Bertz CT molecular complexity index is 992. The Morgan fingerprint density at radius 3 is 2.19 bits per heavy atom. The Hall–Kier alpha value is -2.48. The van der Waals surface area contributed by atoms with Gasteiger partial charge < -0.3 is 14.4 Å². The number of rotatable bonds is 11. The molecule has 0 spiro atoms. The van der Waals surface area contributed by atoms with E-state index in [1.807, 2.05) is 52.9 Å². The molecule has 0 unspecified atom stereocenters. The van der Waals surface area contributed by atoms with E-state index in [2.05, 4.69) is 0 Å². The summed E-state index contributed by atoms with van der Waals surface area (Å²) in [6, 6.07) is 7.86. The first-order valence-corrected chi connectivity index (χ1v) is 11.5.